The molecule has 5 heterocycles. The van der Waals surface area contributed by atoms with E-state index in [1.165, 1.54) is 0 Å². The lowest BCUT2D eigenvalue weighted by atomic mass is 9.83. The van der Waals surface area contributed by atoms with Crippen LogP contribution in [0.15, 0.2) is 46.0 Å². The van der Waals surface area contributed by atoms with Crippen molar-refractivity contribution in [1.29, 1.82) is 0 Å². The van der Waals surface area contributed by atoms with E-state index in [9.17, 15) is 9.59 Å². The average Bonchev–Trinajstić information content (AvgIpc) is 3.41. The fraction of sp³-hybridized carbons (Fsp3) is 0.381. The summed E-state index contributed by atoms with van der Waals surface area (Å²) in [5.74, 6) is 0.445. The van der Waals surface area contributed by atoms with Crippen molar-refractivity contribution in [3.63, 3.8) is 0 Å². The van der Waals surface area contributed by atoms with Gasteiger partial charge in [0.2, 0.25) is 0 Å². The number of rotatable bonds is 5. The molecule has 5 rings (SSSR count). The molecule has 2 N–H and O–H groups in total. The second-order valence-electron chi connectivity index (χ2n) is 7.98. The van der Waals surface area contributed by atoms with Crippen LogP contribution in [0.3, 0.4) is 0 Å². The lowest BCUT2D eigenvalue weighted by molar-refractivity contribution is 0.0943. The molecule has 1 fully saturated rings. The number of aromatic amines is 1. The molecule has 8 heteroatoms. The molecule has 7 nitrogen and oxygen atoms in total. The summed E-state index contributed by atoms with van der Waals surface area (Å²) in [5.41, 5.74) is 3.28. The molecule has 2 aliphatic heterocycles. The molecule has 0 aliphatic carbocycles. The number of hydrogen-bond acceptors (Lipinski definition) is 5. The van der Waals surface area contributed by atoms with Crippen LogP contribution in [0.5, 0.6) is 0 Å². The minimum Gasteiger partial charge on any atom is -0.348 e. The molecule has 2 atom stereocenters. The summed E-state index contributed by atoms with van der Waals surface area (Å²) in [5, 5.41) is 13.9. The van der Waals surface area contributed by atoms with Crippen LogP contribution < -0.4 is 10.9 Å². The first-order chi connectivity index (χ1) is 14.2. The highest BCUT2D eigenvalue weighted by atomic mass is 32.1. The minimum absolute atomic E-state index is 0.165. The van der Waals surface area contributed by atoms with E-state index in [0.717, 1.165) is 43.0 Å². The number of carbonyl (C=O) groups is 1. The molecule has 0 unspecified atom stereocenters. The summed E-state index contributed by atoms with van der Waals surface area (Å²) in [6.07, 6.45) is 2.88. The van der Waals surface area contributed by atoms with Gasteiger partial charge in [0, 0.05) is 56.2 Å². The number of hydrogen-bond donors (Lipinski definition) is 2. The number of fused-ring (bicyclic) bond motifs is 4. The molecule has 1 saturated heterocycles. The lowest BCUT2D eigenvalue weighted by Gasteiger charge is -2.42. The molecule has 29 heavy (non-hydrogen) atoms. The number of likely N-dealkylation sites (tertiary alicyclic amines) is 1. The van der Waals surface area contributed by atoms with Gasteiger partial charge in [0.15, 0.2) is 0 Å². The highest BCUT2D eigenvalue weighted by molar-refractivity contribution is 7.07. The SMILES string of the molecule is O=C(NCc1ccsc1)c1ccc2n(c1=O)C[C@H]1C[C@@H]2CN(Cc2ccn[nH]2)C1. The normalized spacial score (nSPS) is 21.0. The number of thiophene rings is 1. The van der Waals surface area contributed by atoms with Gasteiger partial charge in [-0.3, -0.25) is 19.6 Å². The maximum Gasteiger partial charge on any atom is 0.263 e. The number of nitrogens with one attached hydrogen (secondary N) is 2. The van der Waals surface area contributed by atoms with Crippen molar-refractivity contribution in [3.8, 4) is 0 Å². The smallest absolute Gasteiger partial charge is 0.263 e. The van der Waals surface area contributed by atoms with Gasteiger partial charge in [0.05, 0.1) is 0 Å². The van der Waals surface area contributed by atoms with Crippen molar-refractivity contribution in [2.24, 2.45) is 5.92 Å². The van der Waals surface area contributed by atoms with Crippen LogP contribution in [0.25, 0.3) is 0 Å². The van der Waals surface area contributed by atoms with E-state index in [1.54, 1.807) is 23.6 Å². The average molecular weight is 410 g/mol. The van der Waals surface area contributed by atoms with Crippen LogP contribution in [0.4, 0.5) is 0 Å². The van der Waals surface area contributed by atoms with E-state index in [0.29, 0.717) is 24.9 Å². The van der Waals surface area contributed by atoms with Crippen LogP contribution in [0.1, 0.15) is 39.6 Å². The second-order valence-corrected chi connectivity index (χ2v) is 8.76. The Morgan fingerprint density at radius 3 is 2.97 bits per heavy atom. The Morgan fingerprint density at radius 2 is 2.17 bits per heavy atom. The molecular formula is C21H23N5O2S. The predicted octanol–water partition coefficient (Wildman–Crippen LogP) is 2.18. The van der Waals surface area contributed by atoms with Crippen molar-refractivity contribution in [2.45, 2.75) is 32.0 Å². The largest absolute Gasteiger partial charge is 0.348 e. The van der Waals surface area contributed by atoms with Crippen molar-refractivity contribution >= 4 is 17.2 Å². The summed E-state index contributed by atoms with van der Waals surface area (Å²) >= 11 is 1.59. The maximum atomic E-state index is 13.1. The monoisotopic (exact) mass is 409 g/mol. The third-order valence-electron chi connectivity index (χ3n) is 5.91. The minimum atomic E-state index is -0.298. The Balaban J connectivity index is 1.34. The van der Waals surface area contributed by atoms with Crippen molar-refractivity contribution < 1.29 is 4.79 Å². The predicted molar refractivity (Wildman–Crippen MR) is 111 cm³/mol. The van der Waals surface area contributed by atoms with E-state index < -0.39 is 0 Å². The molecule has 2 bridgehead atoms. The molecule has 150 valence electrons. The standard InChI is InChI=1S/C21H23N5O2S/c27-20(22-8-14-4-6-29-13-14)18-1-2-19-16-7-15(10-26(19)21(18)28)9-25(11-16)12-17-3-5-23-24-17/h1-6,13,15-16H,7-12H2,(H,22,27)(H,23,24)/t15-,16+/m0/s1. The lowest BCUT2D eigenvalue weighted by Crippen LogP contribution is -2.47. The highest BCUT2D eigenvalue weighted by Crippen LogP contribution is 2.35. The molecule has 3 aromatic heterocycles. The topological polar surface area (TPSA) is 83.0 Å². The Morgan fingerprint density at radius 1 is 1.24 bits per heavy atom. The van der Waals surface area contributed by atoms with Gasteiger partial charge < -0.3 is 9.88 Å². The van der Waals surface area contributed by atoms with E-state index in [1.807, 2.05) is 33.5 Å². The van der Waals surface area contributed by atoms with Crippen LogP contribution in [0.2, 0.25) is 0 Å². The molecular weight excluding hydrogens is 386 g/mol. The van der Waals surface area contributed by atoms with Crippen molar-refractivity contribution in [2.75, 3.05) is 13.1 Å². The van der Waals surface area contributed by atoms with Crippen LogP contribution >= 0.6 is 11.3 Å². The van der Waals surface area contributed by atoms with Crippen molar-refractivity contribution in [1.82, 2.24) is 25.0 Å². The fourth-order valence-electron chi connectivity index (χ4n) is 4.63. The van der Waals surface area contributed by atoms with Gasteiger partial charge >= 0.3 is 0 Å². The van der Waals surface area contributed by atoms with Gasteiger partial charge in [0.1, 0.15) is 5.56 Å². The number of H-pyrrole nitrogens is 1. The zero-order valence-electron chi connectivity index (χ0n) is 16.0. The van der Waals surface area contributed by atoms with E-state index >= 15 is 0 Å². The first-order valence-corrected chi connectivity index (χ1v) is 10.9. The highest BCUT2D eigenvalue weighted by Gasteiger charge is 2.35. The van der Waals surface area contributed by atoms with E-state index in [4.69, 9.17) is 0 Å². The molecule has 3 aromatic rings. The Hall–Kier alpha value is -2.71. The number of carbonyl (C=O) groups excluding carboxylic acids is 1. The van der Waals surface area contributed by atoms with Gasteiger partial charge in [-0.25, -0.2) is 0 Å². The summed E-state index contributed by atoms with van der Waals surface area (Å²) in [6, 6.07) is 7.65. The Labute approximate surface area is 172 Å². The number of aromatic nitrogens is 3. The number of nitrogens with zero attached hydrogens (tertiary/aromatic N) is 3. The van der Waals surface area contributed by atoms with Crippen molar-refractivity contribution in [3.05, 3.63) is 74.1 Å². The summed E-state index contributed by atoms with van der Waals surface area (Å²) in [6.45, 7) is 3.84. The van der Waals surface area contributed by atoms with Gasteiger partial charge in [0.25, 0.3) is 11.5 Å². The number of pyridine rings is 1. The van der Waals surface area contributed by atoms with E-state index in [2.05, 4.69) is 20.4 Å². The zero-order valence-corrected chi connectivity index (χ0v) is 16.8. The first-order valence-electron chi connectivity index (χ1n) is 9.91. The third kappa shape index (κ3) is 3.65. The summed E-state index contributed by atoms with van der Waals surface area (Å²) < 4.78 is 1.84. The van der Waals surface area contributed by atoms with E-state index in [-0.39, 0.29) is 17.0 Å². The molecule has 0 aromatic carbocycles. The number of amides is 1. The van der Waals surface area contributed by atoms with Gasteiger partial charge in [-0.05, 0) is 52.9 Å². The third-order valence-corrected chi connectivity index (χ3v) is 6.64. The van der Waals surface area contributed by atoms with Gasteiger partial charge in [-0.15, -0.1) is 0 Å². The quantitative estimate of drug-likeness (QED) is 0.677. The molecule has 2 aliphatic rings. The maximum absolute atomic E-state index is 13.1. The first kappa shape index (κ1) is 18.3. The second kappa shape index (κ2) is 7.61. The van der Waals surface area contributed by atoms with Crippen LogP contribution in [0, 0.1) is 5.92 Å². The Bertz CT molecular complexity index is 1060. The van der Waals surface area contributed by atoms with Gasteiger partial charge in [-0.2, -0.15) is 16.4 Å². The van der Waals surface area contributed by atoms with Crippen LogP contribution in [-0.2, 0) is 19.6 Å². The number of piperidine rings is 1. The summed E-state index contributed by atoms with van der Waals surface area (Å²) in [4.78, 5) is 28.1. The molecule has 1 amide bonds. The molecule has 0 spiro atoms. The van der Waals surface area contributed by atoms with Gasteiger partial charge in [-0.1, -0.05) is 0 Å². The fourth-order valence-corrected chi connectivity index (χ4v) is 5.30. The summed E-state index contributed by atoms with van der Waals surface area (Å²) in [7, 11) is 0. The zero-order chi connectivity index (χ0) is 19.8. The molecule has 0 saturated carbocycles. The molecule has 0 radical (unpaired) electrons. The van der Waals surface area contributed by atoms with Crippen LogP contribution in [-0.4, -0.2) is 38.7 Å². The Kier molecular flexibility index (Phi) is 4.81.